The summed E-state index contributed by atoms with van der Waals surface area (Å²) in [4.78, 5) is 17.9. The first-order valence-electron chi connectivity index (χ1n) is 9.76. The molecule has 0 saturated carbocycles. The van der Waals surface area contributed by atoms with Crippen molar-refractivity contribution in [3.05, 3.63) is 60.2 Å². The third kappa shape index (κ3) is 6.27. The topological polar surface area (TPSA) is 42.0 Å². The molecule has 0 spiro atoms. The summed E-state index contributed by atoms with van der Waals surface area (Å²) in [6.07, 6.45) is 4.34. The zero-order valence-corrected chi connectivity index (χ0v) is 17.9. The number of carbonyl (C=O) groups excluding carboxylic acids is 1. The first kappa shape index (κ1) is 21.3. The molecule has 154 valence electrons. The Morgan fingerprint density at radius 3 is 2.41 bits per heavy atom. The van der Waals surface area contributed by atoms with Gasteiger partial charge in [-0.1, -0.05) is 42.5 Å². The lowest BCUT2D eigenvalue weighted by molar-refractivity contribution is -0.129. The Kier molecular flexibility index (Phi) is 8.02. The van der Waals surface area contributed by atoms with Crippen molar-refractivity contribution in [1.29, 1.82) is 0 Å². The summed E-state index contributed by atoms with van der Waals surface area (Å²) in [5, 5.41) is 0. The average Bonchev–Trinajstić information content (AvgIpc) is 2.78. The van der Waals surface area contributed by atoms with Gasteiger partial charge in [-0.3, -0.25) is 9.69 Å². The van der Waals surface area contributed by atoms with Crippen LogP contribution in [0.15, 0.2) is 59.5 Å². The van der Waals surface area contributed by atoms with Crippen molar-refractivity contribution in [2.75, 3.05) is 52.7 Å². The van der Waals surface area contributed by atoms with Crippen LogP contribution in [0.5, 0.6) is 11.5 Å². The highest BCUT2D eigenvalue weighted by Crippen LogP contribution is 2.31. The van der Waals surface area contributed by atoms with Gasteiger partial charge in [0.05, 0.1) is 20.0 Å². The van der Waals surface area contributed by atoms with Crippen LogP contribution < -0.4 is 9.47 Å². The molecule has 0 aliphatic carbocycles. The molecule has 0 N–H and O–H groups in total. The lowest BCUT2D eigenvalue weighted by Gasteiger charge is -2.34. The van der Waals surface area contributed by atoms with Crippen LogP contribution in [-0.4, -0.2) is 68.4 Å². The third-order valence-corrected chi connectivity index (χ3v) is 5.89. The van der Waals surface area contributed by atoms with Crippen LogP contribution in [0.4, 0.5) is 0 Å². The smallest absolute Gasteiger partial charge is 0.233 e. The van der Waals surface area contributed by atoms with Crippen LogP contribution in [-0.2, 0) is 4.79 Å². The number of thioether (sulfide) groups is 1. The minimum atomic E-state index is 0.185. The number of hydrogen-bond donors (Lipinski definition) is 0. The molecule has 1 amide bonds. The number of nitrogens with zero attached hydrogens (tertiary/aromatic N) is 2. The van der Waals surface area contributed by atoms with E-state index in [1.807, 2.05) is 41.3 Å². The average molecular weight is 413 g/mol. The van der Waals surface area contributed by atoms with Gasteiger partial charge >= 0.3 is 0 Å². The molecule has 6 heteroatoms. The van der Waals surface area contributed by atoms with Gasteiger partial charge in [0.15, 0.2) is 11.5 Å². The molecule has 1 aliphatic rings. The van der Waals surface area contributed by atoms with Gasteiger partial charge in [0.1, 0.15) is 0 Å². The Balaban J connectivity index is 1.41. The van der Waals surface area contributed by atoms with Crippen molar-refractivity contribution in [3.8, 4) is 11.5 Å². The molecular weight excluding hydrogens is 384 g/mol. The van der Waals surface area contributed by atoms with E-state index in [1.165, 1.54) is 17.3 Å². The van der Waals surface area contributed by atoms with Crippen molar-refractivity contribution in [1.82, 2.24) is 9.80 Å². The van der Waals surface area contributed by atoms with Crippen molar-refractivity contribution < 1.29 is 14.3 Å². The fourth-order valence-electron chi connectivity index (χ4n) is 3.22. The minimum absolute atomic E-state index is 0.185. The molecule has 0 atom stereocenters. The zero-order valence-electron chi connectivity index (χ0n) is 17.0. The lowest BCUT2D eigenvalue weighted by Crippen LogP contribution is -2.49. The van der Waals surface area contributed by atoms with Gasteiger partial charge in [-0.25, -0.2) is 0 Å². The van der Waals surface area contributed by atoms with Crippen molar-refractivity contribution in [2.45, 2.75) is 4.90 Å². The fraction of sp³-hybridized carbons (Fsp3) is 0.348. The molecule has 2 aromatic rings. The summed E-state index contributed by atoms with van der Waals surface area (Å²) in [5.74, 6) is 2.00. The molecule has 0 radical (unpaired) electrons. The summed E-state index contributed by atoms with van der Waals surface area (Å²) in [6, 6.07) is 16.1. The standard InChI is InChI=1S/C23H28N2O3S/c1-27-21-11-10-20(17-22(21)28-2)29-18-23(26)25-15-13-24(14-16-25)12-6-9-19-7-4-3-5-8-19/h3-11,17H,12-16,18H2,1-2H3/b9-6+. The zero-order chi connectivity index (χ0) is 20.5. The van der Waals surface area contributed by atoms with Gasteiger partial charge < -0.3 is 14.4 Å². The van der Waals surface area contributed by atoms with E-state index in [1.54, 1.807) is 14.2 Å². The number of ether oxygens (including phenoxy) is 2. The van der Waals surface area contributed by atoms with Gasteiger partial charge in [-0.05, 0) is 23.8 Å². The molecule has 1 fully saturated rings. The molecule has 1 heterocycles. The van der Waals surface area contributed by atoms with E-state index in [4.69, 9.17) is 9.47 Å². The minimum Gasteiger partial charge on any atom is -0.493 e. The Morgan fingerprint density at radius 1 is 1.00 bits per heavy atom. The number of carbonyl (C=O) groups is 1. The molecule has 3 rings (SSSR count). The maximum Gasteiger partial charge on any atom is 0.233 e. The second-order valence-corrected chi connectivity index (χ2v) is 7.85. The van der Waals surface area contributed by atoms with Crippen LogP contribution >= 0.6 is 11.8 Å². The predicted octanol–water partition coefficient (Wildman–Crippen LogP) is 3.65. The van der Waals surface area contributed by atoms with Gasteiger partial charge in [-0.15, -0.1) is 11.8 Å². The van der Waals surface area contributed by atoms with E-state index in [0.29, 0.717) is 17.3 Å². The SMILES string of the molecule is COc1ccc(SCC(=O)N2CCN(C/C=C/c3ccccc3)CC2)cc1OC. The molecule has 2 aromatic carbocycles. The predicted molar refractivity (Wildman–Crippen MR) is 119 cm³/mol. The number of methoxy groups -OCH3 is 2. The molecule has 0 unspecified atom stereocenters. The summed E-state index contributed by atoms with van der Waals surface area (Å²) < 4.78 is 10.6. The molecule has 1 saturated heterocycles. The third-order valence-electron chi connectivity index (χ3n) is 4.92. The van der Waals surface area contributed by atoms with E-state index < -0.39 is 0 Å². The second-order valence-electron chi connectivity index (χ2n) is 6.80. The van der Waals surface area contributed by atoms with E-state index in [2.05, 4.69) is 29.2 Å². The van der Waals surface area contributed by atoms with Crippen molar-refractivity contribution in [2.24, 2.45) is 0 Å². The highest BCUT2D eigenvalue weighted by atomic mass is 32.2. The summed E-state index contributed by atoms with van der Waals surface area (Å²) >= 11 is 1.53. The maximum absolute atomic E-state index is 12.6. The van der Waals surface area contributed by atoms with E-state index in [9.17, 15) is 4.79 Å². The monoisotopic (exact) mass is 412 g/mol. The normalized spacial score (nSPS) is 14.9. The number of rotatable bonds is 8. The Hall–Kier alpha value is -2.44. The Morgan fingerprint density at radius 2 is 1.72 bits per heavy atom. The van der Waals surface area contributed by atoms with E-state index >= 15 is 0 Å². The first-order chi connectivity index (χ1) is 14.2. The number of amides is 1. The molecule has 1 aliphatic heterocycles. The molecule has 0 aromatic heterocycles. The Bertz CT molecular complexity index is 818. The number of piperazine rings is 1. The van der Waals surface area contributed by atoms with Crippen LogP contribution in [0.3, 0.4) is 0 Å². The van der Waals surface area contributed by atoms with Gasteiger partial charge in [0.25, 0.3) is 0 Å². The van der Waals surface area contributed by atoms with Gasteiger partial charge in [0, 0.05) is 37.6 Å². The Labute approximate surface area is 177 Å². The number of hydrogen-bond acceptors (Lipinski definition) is 5. The van der Waals surface area contributed by atoms with Crippen LogP contribution in [0.2, 0.25) is 0 Å². The van der Waals surface area contributed by atoms with E-state index in [-0.39, 0.29) is 5.91 Å². The van der Waals surface area contributed by atoms with Crippen LogP contribution in [0, 0.1) is 0 Å². The van der Waals surface area contributed by atoms with Crippen molar-refractivity contribution >= 4 is 23.7 Å². The highest BCUT2D eigenvalue weighted by Gasteiger charge is 2.20. The summed E-state index contributed by atoms with van der Waals surface area (Å²) in [7, 11) is 3.23. The van der Waals surface area contributed by atoms with Crippen LogP contribution in [0.1, 0.15) is 5.56 Å². The highest BCUT2D eigenvalue weighted by molar-refractivity contribution is 8.00. The second kappa shape index (κ2) is 10.9. The lowest BCUT2D eigenvalue weighted by atomic mass is 10.2. The van der Waals surface area contributed by atoms with Gasteiger partial charge in [0.2, 0.25) is 5.91 Å². The molecule has 29 heavy (non-hydrogen) atoms. The van der Waals surface area contributed by atoms with Crippen LogP contribution in [0.25, 0.3) is 6.08 Å². The number of benzene rings is 2. The quantitative estimate of drug-likeness (QED) is 0.619. The van der Waals surface area contributed by atoms with E-state index in [0.717, 1.165) is 37.6 Å². The molecular formula is C23H28N2O3S. The fourth-order valence-corrected chi connectivity index (χ4v) is 4.05. The molecule has 5 nitrogen and oxygen atoms in total. The van der Waals surface area contributed by atoms with Gasteiger partial charge in [-0.2, -0.15) is 0 Å². The van der Waals surface area contributed by atoms with Crippen molar-refractivity contribution in [3.63, 3.8) is 0 Å². The first-order valence-corrected chi connectivity index (χ1v) is 10.7. The largest absolute Gasteiger partial charge is 0.493 e. The summed E-state index contributed by atoms with van der Waals surface area (Å²) in [6.45, 7) is 4.30. The summed E-state index contributed by atoms with van der Waals surface area (Å²) in [5.41, 5.74) is 1.22. The maximum atomic E-state index is 12.6. The molecule has 0 bridgehead atoms.